The number of benzene rings is 2. The van der Waals surface area contributed by atoms with E-state index in [0.717, 1.165) is 22.3 Å². The van der Waals surface area contributed by atoms with E-state index in [4.69, 9.17) is 4.74 Å². The SMILES string of the molecule is C/C(=C\c1ccccc1C)Cc1cc(C2CC(O)[C@H](O)C(CO)O2)ccc1O.CC. The Morgan fingerprint density at radius 3 is 2.50 bits per heavy atom. The lowest BCUT2D eigenvalue weighted by molar-refractivity contribution is -0.181. The van der Waals surface area contributed by atoms with Gasteiger partial charge in [0, 0.05) is 6.42 Å². The van der Waals surface area contributed by atoms with Crippen LogP contribution in [0.3, 0.4) is 0 Å². The highest BCUT2D eigenvalue weighted by Crippen LogP contribution is 2.34. The minimum absolute atomic E-state index is 0.205. The summed E-state index contributed by atoms with van der Waals surface area (Å²) in [5.41, 5.74) is 5.02. The lowest BCUT2D eigenvalue weighted by Crippen LogP contribution is -2.47. The topological polar surface area (TPSA) is 90.2 Å². The van der Waals surface area contributed by atoms with Crippen LogP contribution in [0.1, 0.15) is 55.5 Å². The summed E-state index contributed by atoms with van der Waals surface area (Å²) >= 11 is 0. The Morgan fingerprint density at radius 2 is 1.83 bits per heavy atom. The molecule has 0 aromatic heterocycles. The maximum absolute atomic E-state index is 10.3. The van der Waals surface area contributed by atoms with Crippen molar-refractivity contribution in [2.24, 2.45) is 0 Å². The van der Waals surface area contributed by atoms with E-state index in [1.54, 1.807) is 12.1 Å². The molecule has 0 radical (unpaired) electrons. The highest BCUT2D eigenvalue weighted by atomic mass is 16.5. The maximum atomic E-state index is 10.3. The number of phenols is 1. The Hall–Kier alpha value is -2.18. The molecule has 1 fully saturated rings. The second kappa shape index (κ2) is 11.3. The number of phenolic OH excluding ortho intramolecular Hbond substituents is 1. The van der Waals surface area contributed by atoms with Crippen molar-refractivity contribution in [2.75, 3.05) is 6.61 Å². The van der Waals surface area contributed by atoms with E-state index in [0.29, 0.717) is 6.42 Å². The quantitative estimate of drug-likeness (QED) is 0.595. The van der Waals surface area contributed by atoms with Crippen LogP contribution in [0, 0.1) is 6.92 Å². The third kappa shape index (κ3) is 5.92. The van der Waals surface area contributed by atoms with E-state index in [1.807, 2.05) is 39.0 Å². The summed E-state index contributed by atoms with van der Waals surface area (Å²) in [7, 11) is 0. The summed E-state index contributed by atoms with van der Waals surface area (Å²) in [6, 6.07) is 13.4. The summed E-state index contributed by atoms with van der Waals surface area (Å²) in [6.45, 7) is 7.73. The molecule has 4 atom stereocenters. The van der Waals surface area contributed by atoms with Crippen LogP contribution in [0.2, 0.25) is 0 Å². The minimum Gasteiger partial charge on any atom is -0.508 e. The van der Waals surface area contributed by atoms with Gasteiger partial charge in [0.1, 0.15) is 18.0 Å². The zero-order valence-corrected chi connectivity index (χ0v) is 18.2. The van der Waals surface area contributed by atoms with Gasteiger partial charge in [-0.2, -0.15) is 0 Å². The highest BCUT2D eigenvalue weighted by Gasteiger charge is 2.37. The Kier molecular flexibility index (Phi) is 9.06. The van der Waals surface area contributed by atoms with E-state index in [1.165, 1.54) is 5.56 Å². The van der Waals surface area contributed by atoms with Crippen LogP contribution in [0.25, 0.3) is 6.08 Å². The number of ether oxygens (including phenoxy) is 1. The Morgan fingerprint density at radius 1 is 1.13 bits per heavy atom. The molecule has 0 amide bonds. The molecule has 0 bridgehead atoms. The molecule has 3 unspecified atom stereocenters. The molecule has 5 heteroatoms. The summed E-state index contributed by atoms with van der Waals surface area (Å²) in [4.78, 5) is 0. The number of hydrogen-bond acceptors (Lipinski definition) is 5. The van der Waals surface area contributed by atoms with Gasteiger partial charge in [0.2, 0.25) is 0 Å². The molecule has 30 heavy (non-hydrogen) atoms. The number of hydrogen-bond donors (Lipinski definition) is 4. The summed E-state index contributed by atoms with van der Waals surface area (Å²) in [5, 5.41) is 39.6. The number of aliphatic hydroxyl groups is 3. The third-order valence-electron chi connectivity index (χ3n) is 5.28. The second-order valence-electron chi connectivity index (χ2n) is 7.55. The van der Waals surface area contributed by atoms with Gasteiger partial charge in [-0.3, -0.25) is 0 Å². The average molecular weight is 415 g/mol. The molecule has 4 N–H and O–H groups in total. The van der Waals surface area contributed by atoms with E-state index in [9.17, 15) is 20.4 Å². The molecule has 0 aliphatic carbocycles. The molecule has 5 nitrogen and oxygen atoms in total. The van der Waals surface area contributed by atoms with E-state index in [-0.39, 0.29) is 18.8 Å². The van der Waals surface area contributed by atoms with Gasteiger partial charge >= 0.3 is 0 Å². The van der Waals surface area contributed by atoms with Gasteiger partial charge in [-0.05, 0) is 54.7 Å². The fourth-order valence-electron chi connectivity index (χ4n) is 3.63. The number of aryl methyl sites for hydroxylation is 1. The zero-order valence-electron chi connectivity index (χ0n) is 18.2. The maximum Gasteiger partial charge on any atom is 0.119 e. The predicted octanol–water partition coefficient (Wildman–Crippen LogP) is 3.92. The molecule has 1 aliphatic heterocycles. The van der Waals surface area contributed by atoms with Gasteiger partial charge in [0.25, 0.3) is 0 Å². The molecular weight excluding hydrogens is 380 g/mol. The van der Waals surface area contributed by atoms with Crippen molar-refractivity contribution in [3.05, 3.63) is 70.3 Å². The van der Waals surface area contributed by atoms with Gasteiger partial charge < -0.3 is 25.2 Å². The Bertz CT molecular complexity index is 845. The first-order valence-electron chi connectivity index (χ1n) is 10.6. The number of rotatable bonds is 5. The number of aromatic hydroxyl groups is 1. The lowest BCUT2D eigenvalue weighted by atomic mass is 9.92. The van der Waals surface area contributed by atoms with E-state index < -0.39 is 24.4 Å². The Labute approximate surface area is 179 Å². The molecule has 3 rings (SSSR count). The average Bonchev–Trinajstić information content (AvgIpc) is 2.74. The standard InChI is InChI=1S/C23H28O5.C2H6/c1-14(9-16-6-4-3-5-15(16)2)10-18-11-17(7-8-19(18)25)21-12-20(26)23(27)22(13-24)28-21;1-2/h3-9,11,20-27H,10,12-13H2,1-2H3;1-2H3/b14-9+;/t20?,21?,22?,23-;/m0./s1. The molecule has 0 spiro atoms. The van der Waals surface area contributed by atoms with Crippen molar-refractivity contribution in [3.63, 3.8) is 0 Å². The molecule has 0 saturated carbocycles. The van der Waals surface area contributed by atoms with E-state index >= 15 is 0 Å². The number of aliphatic hydroxyl groups excluding tert-OH is 3. The van der Waals surface area contributed by atoms with Crippen molar-refractivity contribution >= 4 is 6.08 Å². The van der Waals surface area contributed by atoms with Crippen LogP contribution in [0.4, 0.5) is 0 Å². The molecule has 164 valence electrons. The fourth-order valence-corrected chi connectivity index (χ4v) is 3.63. The predicted molar refractivity (Wildman–Crippen MR) is 119 cm³/mol. The van der Waals surface area contributed by atoms with Gasteiger partial charge in [-0.25, -0.2) is 0 Å². The van der Waals surface area contributed by atoms with Crippen LogP contribution in [-0.2, 0) is 11.2 Å². The van der Waals surface area contributed by atoms with Crippen LogP contribution >= 0.6 is 0 Å². The molecule has 2 aromatic carbocycles. The highest BCUT2D eigenvalue weighted by molar-refractivity contribution is 5.57. The first-order chi connectivity index (χ1) is 14.4. The molecule has 1 heterocycles. The van der Waals surface area contributed by atoms with Crippen molar-refractivity contribution in [3.8, 4) is 5.75 Å². The summed E-state index contributed by atoms with van der Waals surface area (Å²) in [6.07, 6.45) is -0.410. The van der Waals surface area contributed by atoms with Gasteiger partial charge in [0.05, 0.1) is 18.8 Å². The minimum atomic E-state index is -1.10. The van der Waals surface area contributed by atoms with E-state index in [2.05, 4.69) is 25.1 Å². The second-order valence-corrected chi connectivity index (χ2v) is 7.55. The zero-order chi connectivity index (χ0) is 22.3. The van der Waals surface area contributed by atoms with Gasteiger partial charge in [0.15, 0.2) is 0 Å². The van der Waals surface area contributed by atoms with Crippen LogP contribution in [0.15, 0.2) is 48.0 Å². The van der Waals surface area contributed by atoms with Crippen molar-refractivity contribution < 1.29 is 25.2 Å². The van der Waals surface area contributed by atoms with Gasteiger partial charge in [-0.1, -0.05) is 55.8 Å². The monoisotopic (exact) mass is 414 g/mol. The fraction of sp³-hybridized carbons (Fsp3) is 0.440. The number of allylic oxidation sites excluding steroid dienone is 1. The van der Waals surface area contributed by atoms with Crippen molar-refractivity contribution in [1.82, 2.24) is 0 Å². The van der Waals surface area contributed by atoms with Gasteiger partial charge in [-0.15, -0.1) is 0 Å². The lowest BCUT2D eigenvalue weighted by Gasteiger charge is -2.36. The smallest absolute Gasteiger partial charge is 0.119 e. The molecule has 1 saturated heterocycles. The van der Waals surface area contributed by atoms with Crippen LogP contribution < -0.4 is 0 Å². The molecular formula is C25H34O5. The first-order valence-corrected chi connectivity index (χ1v) is 10.6. The summed E-state index contributed by atoms with van der Waals surface area (Å²) < 4.78 is 5.76. The third-order valence-corrected chi connectivity index (χ3v) is 5.28. The molecule has 1 aliphatic rings. The normalized spacial score (nSPS) is 24.2. The van der Waals surface area contributed by atoms with Crippen LogP contribution in [0.5, 0.6) is 5.75 Å². The molecule has 2 aromatic rings. The van der Waals surface area contributed by atoms with Crippen molar-refractivity contribution in [2.45, 2.75) is 65.0 Å². The largest absolute Gasteiger partial charge is 0.508 e. The summed E-state index contributed by atoms with van der Waals surface area (Å²) in [5.74, 6) is 0.205. The van der Waals surface area contributed by atoms with Crippen LogP contribution in [-0.4, -0.2) is 45.3 Å². The Balaban J connectivity index is 0.00000155. The first kappa shape index (κ1) is 24.1. The van der Waals surface area contributed by atoms with Crippen molar-refractivity contribution in [1.29, 1.82) is 0 Å².